The summed E-state index contributed by atoms with van der Waals surface area (Å²) in [6.45, 7) is -0.628. The fraction of sp³-hybridized carbons (Fsp3) is 0.438. The summed E-state index contributed by atoms with van der Waals surface area (Å²) in [6, 6.07) is 6.51. The zero-order valence-electron chi connectivity index (χ0n) is 12.9. The lowest BCUT2D eigenvalue weighted by Crippen LogP contribution is -2.59. The van der Waals surface area contributed by atoms with Gasteiger partial charge < -0.3 is 35.0 Å². The monoisotopic (exact) mass is 340 g/mol. The fourth-order valence-corrected chi connectivity index (χ4v) is 2.50. The van der Waals surface area contributed by atoms with Crippen molar-refractivity contribution in [2.24, 2.45) is 0 Å². The number of carboxylic acids is 1. The van der Waals surface area contributed by atoms with Crippen molar-refractivity contribution in [1.29, 1.82) is 0 Å². The van der Waals surface area contributed by atoms with Crippen molar-refractivity contribution in [2.45, 2.75) is 30.5 Å². The van der Waals surface area contributed by atoms with E-state index in [1.54, 1.807) is 24.3 Å². The molecule has 0 aliphatic carbocycles. The van der Waals surface area contributed by atoms with E-state index in [4.69, 9.17) is 9.47 Å². The summed E-state index contributed by atoms with van der Waals surface area (Å²) in [4.78, 5) is 11.6. The van der Waals surface area contributed by atoms with Crippen LogP contribution in [-0.4, -0.2) is 75.7 Å². The van der Waals surface area contributed by atoms with Crippen LogP contribution in [0.5, 0.6) is 5.75 Å². The molecule has 0 radical (unpaired) electrons. The molecule has 1 aliphatic heterocycles. The lowest BCUT2D eigenvalue weighted by molar-refractivity contribution is -0.220. The molecule has 8 heteroatoms. The highest BCUT2D eigenvalue weighted by Crippen LogP contribution is 2.27. The van der Waals surface area contributed by atoms with Crippen molar-refractivity contribution < 1.29 is 39.8 Å². The number of rotatable bonds is 5. The van der Waals surface area contributed by atoms with Crippen LogP contribution in [0.15, 0.2) is 29.8 Å². The molecule has 8 nitrogen and oxygen atoms in total. The Kier molecular flexibility index (Phi) is 5.92. The molecule has 0 aromatic heterocycles. The Morgan fingerprint density at radius 3 is 2.29 bits per heavy atom. The highest BCUT2D eigenvalue weighted by molar-refractivity contribution is 5.93. The van der Waals surface area contributed by atoms with E-state index in [0.717, 1.165) is 0 Å². The Morgan fingerprint density at radius 2 is 1.79 bits per heavy atom. The SMILES string of the molecule is COc1ccc(C=C(C(=O)O)C2O[C@H](CO)[C@@H](O)[C@H](O)[C@H]2O)cc1. The van der Waals surface area contributed by atoms with Gasteiger partial charge in [-0.2, -0.15) is 0 Å². The molecule has 1 aromatic carbocycles. The number of carbonyl (C=O) groups is 1. The number of methoxy groups -OCH3 is 1. The number of aliphatic hydroxyl groups excluding tert-OH is 4. The van der Waals surface area contributed by atoms with Crippen molar-refractivity contribution in [3.8, 4) is 5.75 Å². The molecular formula is C16H20O8. The average Bonchev–Trinajstić information content (AvgIpc) is 2.59. The maximum atomic E-state index is 11.6. The minimum absolute atomic E-state index is 0.308. The van der Waals surface area contributed by atoms with Crippen LogP contribution in [-0.2, 0) is 9.53 Å². The third-order valence-corrected chi connectivity index (χ3v) is 3.88. The molecule has 1 heterocycles. The van der Waals surface area contributed by atoms with Gasteiger partial charge in [0.25, 0.3) is 0 Å². The molecule has 1 aromatic rings. The van der Waals surface area contributed by atoms with E-state index in [9.17, 15) is 30.3 Å². The van der Waals surface area contributed by atoms with Gasteiger partial charge in [-0.3, -0.25) is 0 Å². The highest BCUT2D eigenvalue weighted by Gasteiger charge is 2.46. The van der Waals surface area contributed by atoms with E-state index < -0.39 is 43.1 Å². The third kappa shape index (κ3) is 3.74. The molecule has 0 spiro atoms. The van der Waals surface area contributed by atoms with Crippen LogP contribution in [0.2, 0.25) is 0 Å². The molecule has 1 unspecified atom stereocenters. The van der Waals surface area contributed by atoms with E-state index >= 15 is 0 Å². The van der Waals surface area contributed by atoms with Crippen LogP contribution < -0.4 is 4.74 Å². The zero-order chi connectivity index (χ0) is 17.9. The number of aliphatic carboxylic acids is 1. The Balaban J connectivity index is 2.34. The first-order valence-corrected chi connectivity index (χ1v) is 7.28. The first-order chi connectivity index (χ1) is 11.4. The summed E-state index contributed by atoms with van der Waals surface area (Å²) >= 11 is 0. The molecule has 0 amide bonds. The topological polar surface area (TPSA) is 137 Å². The van der Waals surface area contributed by atoms with Crippen LogP contribution in [0.4, 0.5) is 0 Å². The Morgan fingerprint density at radius 1 is 1.17 bits per heavy atom. The second kappa shape index (κ2) is 7.73. The van der Waals surface area contributed by atoms with Crippen molar-refractivity contribution in [3.63, 3.8) is 0 Å². The van der Waals surface area contributed by atoms with Gasteiger partial charge in [-0.25, -0.2) is 4.79 Å². The smallest absolute Gasteiger partial charge is 0.334 e. The Hall–Kier alpha value is -1.97. The van der Waals surface area contributed by atoms with Gasteiger partial charge in [-0.05, 0) is 23.8 Å². The van der Waals surface area contributed by atoms with Crippen molar-refractivity contribution in [1.82, 2.24) is 0 Å². The highest BCUT2D eigenvalue weighted by atomic mass is 16.5. The molecule has 1 saturated heterocycles. The number of aliphatic hydroxyl groups is 4. The van der Waals surface area contributed by atoms with Crippen LogP contribution in [0, 0.1) is 0 Å². The van der Waals surface area contributed by atoms with E-state index in [-0.39, 0.29) is 5.57 Å². The number of hydrogen-bond donors (Lipinski definition) is 5. The summed E-state index contributed by atoms with van der Waals surface area (Å²) in [7, 11) is 1.50. The normalized spacial score (nSPS) is 30.9. The van der Waals surface area contributed by atoms with Crippen molar-refractivity contribution in [3.05, 3.63) is 35.4 Å². The van der Waals surface area contributed by atoms with Gasteiger partial charge in [-0.1, -0.05) is 12.1 Å². The van der Waals surface area contributed by atoms with E-state index in [1.165, 1.54) is 13.2 Å². The second-order valence-electron chi connectivity index (χ2n) is 5.43. The summed E-state index contributed by atoms with van der Waals surface area (Å²) in [5, 5.41) is 48.3. The molecule has 1 fully saturated rings. The van der Waals surface area contributed by atoms with Crippen LogP contribution >= 0.6 is 0 Å². The lowest BCUT2D eigenvalue weighted by atomic mass is 9.90. The van der Waals surface area contributed by atoms with Gasteiger partial charge in [0.05, 0.1) is 19.3 Å². The minimum Gasteiger partial charge on any atom is -0.497 e. The van der Waals surface area contributed by atoms with Crippen LogP contribution in [0.25, 0.3) is 6.08 Å². The van der Waals surface area contributed by atoms with E-state index in [0.29, 0.717) is 11.3 Å². The number of hydrogen-bond acceptors (Lipinski definition) is 7. The van der Waals surface area contributed by atoms with Crippen molar-refractivity contribution in [2.75, 3.05) is 13.7 Å². The summed E-state index contributed by atoms with van der Waals surface area (Å²) in [5.41, 5.74) is 0.210. The van der Waals surface area contributed by atoms with Crippen LogP contribution in [0.1, 0.15) is 5.56 Å². The summed E-state index contributed by atoms with van der Waals surface area (Å²) < 4.78 is 10.3. The fourth-order valence-electron chi connectivity index (χ4n) is 2.50. The average molecular weight is 340 g/mol. The predicted octanol–water partition coefficient (Wildman–Crippen LogP) is -0.994. The van der Waals surface area contributed by atoms with Gasteiger partial charge in [0.15, 0.2) is 0 Å². The van der Waals surface area contributed by atoms with Gasteiger partial charge in [0, 0.05) is 0 Å². The van der Waals surface area contributed by atoms with Gasteiger partial charge in [0.2, 0.25) is 0 Å². The third-order valence-electron chi connectivity index (χ3n) is 3.88. The number of benzene rings is 1. The molecule has 132 valence electrons. The molecule has 24 heavy (non-hydrogen) atoms. The number of carboxylic acid groups (broad SMARTS) is 1. The van der Waals surface area contributed by atoms with E-state index in [1.807, 2.05) is 0 Å². The van der Waals surface area contributed by atoms with Crippen LogP contribution in [0.3, 0.4) is 0 Å². The second-order valence-corrected chi connectivity index (χ2v) is 5.43. The van der Waals surface area contributed by atoms with Gasteiger partial charge >= 0.3 is 5.97 Å². The Labute approximate surface area is 138 Å². The Bertz CT molecular complexity index is 595. The standard InChI is InChI=1S/C16H20O8/c1-23-9-4-2-8(3-5-9)6-10(16(21)22)15-14(20)13(19)12(18)11(7-17)24-15/h2-6,11-15,17-20H,7H2,1H3,(H,21,22)/t11-,12-,13+,14-,15?/m1/s1. The summed E-state index contributed by atoms with van der Waals surface area (Å²) in [5.74, 6) is -0.757. The minimum atomic E-state index is -1.65. The largest absolute Gasteiger partial charge is 0.497 e. The molecule has 2 rings (SSSR count). The lowest BCUT2D eigenvalue weighted by Gasteiger charge is -2.40. The molecular weight excluding hydrogens is 320 g/mol. The molecule has 5 atom stereocenters. The maximum Gasteiger partial charge on any atom is 0.334 e. The molecule has 0 saturated carbocycles. The predicted molar refractivity (Wildman–Crippen MR) is 82.4 cm³/mol. The first-order valence-electron chi connectivity index (χ1n) is 7.28. The quantitative estimate of drug-likeness (QED) is 0.431. The van der Waals surface area contributed by atoms with Crippen molar-refractivity contribution >= 4 is 12.0 Å². The molecule has 0 bridgehead atoms. The molecule has 5 N–H and O–H groups in total. The summed E-state index contributed by atoms with van der Waals surface area (Å²) in [6.07, 6.45) is -6.12. The van der Waals surface area contributed by atoms with Gasteiger partial charge in [-0.15, -0.1) is 0 Å². The van der Waals surface area contributed by atoms with Gasteiger partial charge in [0.1, 0.15) is 36.3 Å². The van der Waals surface area contributed by atoms with E-state index in [2.05, 4.69) is 0 Å². The first kappa shape index (κ1) is 18.4. The zero-order valence-corrected chi connectivity index (χ0v) is 12.9. The number of ether oxygens (including phenoxy) is 2. The molecule has 1 aliphatic rings. The maximum absolute atomic E-state index is 11.6.